The molecular formula is C10H19NO3. The van der Waals surface area contributed by atoms with Crippen molar-refractivity contribution in [2.45, 2.75) is 31.7 Å². The van der Waals surface area contributed by atoms with Gasteiger partial charge >= 0.3 is 5.97 Å². The average Bonchev–Trinajstić information content (AvgIpc) is 2.99. The number of carbonyl (C=O) groups excluding carboxylic acids is 1. The number of methoxy groups -OCH3 is 1. The zero-order chi connectivity index (χ0) is 10.4. The molecule has 1 rings (SSSR count). The van der Waals surface area contributed by atoms with Gasteiger partial charge in [-0.15, -0.1) is 0 Å². The van der Waals surface area contributed by atoms with Crippen LogP contribution in [-0.4, -0.2) is 32.3 Å². The molecule has 1 fully saturated rings. The molecular weight excluding hydrogens is 182 g/mol. The standard InChI is InChI=1S/C10H19NO3/c1-13-10(12)9(11)5-7-14-6-4-8-2-3-8/h8-9H,2-7,11H2,1H3. The molecule has 0 aliphatic heterocycles. The summed E-state index contributed by atoms with van der Waals surface area (Å²) in [6.45, 7) is 1.33. The lowest BCUT2D eigenvalue weighted by Crippen LogP contribution is -2.32. The number of ether oxygens (including phenoxy) is 2. The van der Waals surface area contributed by atoms with Gasteiger partial charge in [-0.05, 0) is 18.8 Å². The lowest BCUT2D eigenvalue weighted by Gasteiger charge is -2.09. The van der Waals surface area contributed by atoms with Gasteiger partial charge in [-0.25, -0.2) is 0 Å². The molecule has 1 aliphatic carbocycles. The molecule has 0 bridgehead atoms. The third kappa shape index (κ3) is 4.58. The SMILES string of the molecule is COC(=O)C(N)CCOCCC1CC1. The fourth-order valence-corrected chi connectivity index (χ4v) is 1.24. The number of rotatable bonds is 7. The zero-order valence-corrected chi connectivity index (χ0v) is 8.70. The summed E-state index contributed by atoms with van der Waals surface area (Å²) < 4.78 is 9.86. The Hall–Kier alpha value is -0.610. The van der Waals surface area contributed by atoms with E-state index in [1.165, 1.54) is 20.0 Å². The lowest BCUT2D eigenvalue weighted by molar-refractivity contribution is -0.142. The highest BCUT2D eigenvalue weighted by Crippen LogP contribution is 2.32. The highest BCUT2D eigenvalue weighted by molar-refractivity contribution is 5.75. The number of hydrogen-bond acceptors (Lipinski definition) is 4. The van der Waals surface area contributed by atoms with Crippen molar-refractivity contribution in [1.82, 2.24) is 0 Å². The summed E-state index contributed by atoms with van der Waals surface area (Å²) >= 11 is 0. The van der Waals surface area contributed by atoms with Crippen LogP contribution in [0.5, 0.6) is 0 Å². The molecule has 2 N–H and O–H groups in total. The summed E-state index contributed by atoms with van der Waals surface area (Å²) in [5.74, 6) is 0.528. The van der Waals surface area contributed by atoms with Gasteiger partial charge in [0.1, 0.15) is 6.04 Å². The van der Waals surface area contributed by atoms with E-state index in [-0.39, 0.29) is 5.97 Å². The average molecular weight is 201 g/mol. The molecule has 0 aromatic carbocycles. The smallest absolute Gasteiger partial charge is 0.322 e. The quantitative estimate of drug-likeness (QED) is 0.486. The molecule has 0 spiro atoms. The predicted octanol–water partition coefficient (Wildman–Crippen LogP) is 0.693. The molecule has 1 saturated carbocycles. The van der Waals surface area contributed by atoms with Gasteiger partial charge in [0.2, 0.25) is 0 Å². The number of hydrogen-bond donors (Lipinski definition) is 1. The molecule has 1 unspecified atom stereocenters. The Morgan fingerprint density at radius 1 is 1.50 bits per heavy atom. The molecule has 4 nitrogen and oxygen atoms in total. The van der Waals surface area contributed by atoms with Gasteiger partial charge in [0.05, 0.1) is 7.11 Å². The van der Waals surface area contributed by atoms with Crippen LogP contribution in [0, 0.1) is 5.92 Å². The first kappa shape index (κ1) is 11.5. The second kappa shape index (κ2) is 5.98. The van der Waals surface area contributed by atoms with Crippen LogP contribution in [0.2, 0.25) is 0 Å². The maximum Gasteiger partial charge on any atom is 0.322 e. The molecule has 0 heterocycles. The van der Waals surface area contributed by atoms with Crippen molar-refractivity contribution < 1.29 is 14.3 Å². The van der Waals surface area contributed by atoms with Gasteiger partial charge in [-0.1, -0.05) is 12.8 Å². The van der Waals surface area contributed by atoms with E-state index in [2.05, 4.69) is 4.74 Å². The van der Waals surface area contributed by atoms with Gasteiger partial charge in [0.25, 0.3) is 0 Å². The minimum absolute atomic E-state index is 0.365. The van der Waals surface area contributed by atoms with Crippen molar-refractivity contribution >= 4 is 5.97 Å². The first-order chi connectivity index (χ1) is 6.74. The van der Waals surface area contributed by atoms with Gasteiger partial charge < -0.3 is 15.2 Å². The Morgan fingerprint density at radius 2 is 2.21 bits per heavy atom. The molecule has 4 heteroatoms. The Labute approximate surface area is 84.7 Å². The van der Waals surface area contributed by atoms with Gasteiger partial charge in [-0.3, -0.25) is 4.79 Å². The molecule has 0 amide bonds. The minimum Gasteiger partial charge on any atom is -0.468 e. The van der Waals surface area contributed by atoms with Gasteiger partial charge in [-0.2, -0.15) is 0 Å². The molecule has 0 radical (unpaired) electrons. The topological polar surface area (TPSA) is 61.5 Å². The maximum absolute atomic E-state index is 10.9. The molecule has 1 atom stereocenters. The van der Waals surface area contributed by atoms with Crippen LogP contribution in [0.15, 0.2) is 0 Å². The summed E-state index contributed by atoms with van der Waals surface area (Å²) in [7, 11) is 1.34. The third-order valence-electron chi connectivity index (χ3n) is 2.44. The molecule has 14 heavy (non-hydrogen) atoms. The Morgan fingerprint density at radius 3 is 2.79 bits per heavy atom. The molecule has 0 aromatic heterocycles. The van der Waals surface area contributed by atoms with Crippen LogP contribution in [0.3, 0.4) is 0 Å². The summed E-state index contributed by atoms with van der Waals surface area (Å²) in [4.78, 5) is 10.9. The first-order valence-electron chi connectivity index (χ1n) is 5.15. The molecule has 1 aliphatic rings. The summed E-state index contributed by atoms with van der Waals surface area (Å²) in [6.07, 6.45) is 4.39. The Balaban J connectivity index is 1.88. The molecule has 0 aromatic rings. The first-order valence-corrected chi connectivity index (χ1v) is 5.15. The van der Waals surface area contributed by atoms with Crippen molar-refractivity contribution in [3.05, 3.63) is 0 Å². The second-order valence-corrected chi connectivity index (χ2v) is 3.76. The van der Waals surface area contributed by atoms with Gasteiger partial charge in [0.15, 0.2) is 0 Å². The number of nitrogens with two attached hydrogens (primary N) is 1. The van der Waals surface area contributed by atoms with Crippen LogP contribution in [-0.2, 0) is 14.3 Å². The number of esters is 1. The fourth-order valence-electron chi connectivity index (χ4n) is 1.24. The second-order valence-electron chi connectivity index (χ2n) is 3.76. The monoisotopic (exact) mass is 201 g/mol. The van der Waals surface area contributed by atoms with Crippen LogP contribution in [0.1, 0.15) is 25.7 Å². The largest absolute Gasteiger partial charge is 0.468 e. The zero-order valence-electron chi connectivity index (χ0n) is 8.70. The van der Waals surface area contributed by atoms with Crippen molar-refractivity contribution in [2.24, 2.45) is 11.7 Å². The lowest BCUT2D eigenvalue weighted by atomic mass is 10.2. The fraction of sp³-hybridized carbons (Fsp3) is 0.900. The maximum atomic E-state index is 10.9. The Bertz CT molecular complexity index is 180. The summed E-state index contributed by atoms with van der Waals surface area (Å²) in [6, 6.07) is -0.541. The van der Waals surface area contributed by atoms with E-state index in [1.54, 1.807) is 0 Å². The van der Waals surface area contributed by atoms with E-state index in [1.807, 2.05) is 0 Å². The van der Waals surface area contributed by atoms with E-state index >= 15 is 0 Å². The van der Waals surface area contributed by atoms with Crippen LogP contribution >= 0.6 is 0 Å². The Kier molecular flexibility index (Phi) is 4.90. The van der Waals surface area contributed by atoms with E-state index in [0.717, 1.165) is 18.9 Å². The summed E-state index contributed by atoms with van der Waals surface area (Å²) in [5, 5.41) is 0. The van der Waals surface area contributed by atoms with Crippen LogP contribution in [0.4, 0.5) is 0 Å². The highest BCUT2D eigenvalue weighted by atomic mass is 16.5. The minimum atomic E-state index is -0.541. The normalized spacial score (nSPS) is 17.9. The number of carbonyl (C=O) groups is 1. The van der Waals surface area contributed by atoms with E-state index in [4.69, 9.17) is 10.5 Å². The summed E-state index contributed by atoms with van der Waals surface area (Å²) in [5.41, 5.74) is 5.53. The van der Waals surface area contributed by atoms with Crippen LogP contribution in [0.25, 0.3) is 0 Å². The molecule has 82 valence electrons. The van der Waals surface area contributed by atoms with Crippen molar-refractivity contribution in [3.8, 4) is 0 Å². The third-order valence-corrected chi connectivity index (χ3v) is 2.44. The van der Waals surface area contributed by atoms with Crippen molar-refractivity contribution in [2.75, 3.05) is 20.3 Å². The van der Waals surface area contributed by atoms with Crippen molar-refractivity contribution in [3.63, 3.8) is 0 Å². The van der Waals surface area contributed by atoms with E-state index < -0.39 is 6.04 Å². The van der Waals surface area contributed by atoms with Crippen molar-refractivity contribution in [1.29, 1.82) is 0 Å². The van der Waals surface area contributed by atoms with E-state index in [9.17, 15) is 4.79 Å². The van der Waals surface area contributed by atoms with E-state index in [0.29, 0.717) is 13.0 Å². The van der Waals surface area contributed by atoms with Crippen LogP contribution < -0.4 is 5.73 Å². The molecule has 0 saturated heterocycles. The highest BCUT2D eigenvalue weighted by Gasteiger charge is 2.20. The van der Waals surface area contributed by atoms with Gasteiger partial charge in [0, 0.05) is 13.2 Å². The predicted molar refractivity (Wildman–Crippen MR) is 52.8 cm³/mol.